The normalized spacial score (nSPS) is 10.7. The van der Waals surface area contributed by atoms with E-state index in [9.17, 15) is 4.39 Å². The third kappa shape index (κ3) is 5.21. The lowest BCUT2D eigenvalue weighted by atomic mass is 10.1. The van der Waals surface area contributed by atoms with Crippen molar-refractivity contribution in [1.29, 1.82) is 0 Å². The quantitative estimate of drug-likeness (QED) is 0.534. The molecule has 3 aromatic carbocycles. The first-order chi connectivity index (χ1) is 12.6. The highest BCUT2D eigenvalue weighted by molar-refractivity contribution is 6.42. The number of hydrogen-bond acceptors (Lipinski definition) is 2. The van der Waals surface area contributed by atoms with Crippen LogP contribution in [0.25, 0.3) is 0 Å². The van der Waals surface area contributed by atoms with Crippen LogP contribution in [0.1, 0.15) is 16.7 Å². The summed E-state index contributed by atoms with van der Waals surface area (Å²) < 4.78 is 18.9. The van der Waals surface area contributed by atoms with Gasteiger partial charge in [0.2, 0.25) is 0 Å². The molecule has 0 amide bonds. The van der Waals surface area contributed by atoms with Gasteiger partial charge < -0.3 is 10.1 Å². The highest BCUT2D eigenvalue weighted by Gasteiger charge is 2.05. The molecule has 0 heterocycles. The van der Waals surface area contributed by atoms with Gasteiger partial charge in [0.25, 0.3) is 0 Å². The predicted octanol–water partition coefficient (Wildman–Crippen LogP) is 6.00. The van der Waals surface area contributed by atoms with Crippen molar-refractivity contribution in [3.05, 3.63) is 99.3 Å². The molecule has 0 aliphatic carbocycles. The Balaban J connectivity index is 1.58. The Morgan fingerprint density at radius 2 is 1.54 bits per heavy atom. The summed E-state index contributed by atoms with van der Waals surface area (Å²) in [7, 11) is 0. The average Bonchev–Trinajstić information content (AvgIpc) is 2.65. The minimum absolute atomic E-state index is 0.227. The molecule has 0 saturated carbocycles. The monoisotopic (exact) mass is 389 g/mol. The van der Waals surface area contributed by atoms with Crippen LogP contribution in [0.5, 0.6) is 5.75 Å². The van der Waals surface area contributed by atoms with Crippen molar-refractivity contribution >= 4 is 23.2 Å². The maximum atomic E-state index is 12.9. The maximum absolute atomic E-state index is 12.9. The summed E-state index contributed by atoms with van der Waals surface area (Å²) >= 11 is 12.0. The largest absolute Gasteiger partial charge is 0.489 e. The summed E-state index contributed by atoms with van der Waals surface area (Å²) in [6.45, 7) is 1.71. The van der Waals surface area contributed by atoms with E-state index in [1.807, 2.05) is 30.3 Å². The first kappa shape index (κ1) is 18.7. The highest BCUT2D eigenvalue weighted by Crippen LogP contribution is 2.24. The van der Waals surface area contributed by atoms with Gasteiger partial charge in [-0.15, -0.1) is 0 Å². The number of nitrogens with one attached hydrogen (secondary N) is 1. The summed E-state index contributed by atoms with van der Waals surface area (Å²) in [5, 5.41) is 4.40. The zero-order valence-corrected chi connectivity index (χ0v) is 15.5. The molecule has 0 bridgehead atoms. The van der Waals surface area contributed by atoms with Crippen LogP contribution in [0.4, 0.5) is 4.39 Å². The smallest absolute Gasteiger partial charge is 0.124 e. The van der Waals surface area contributed by atoms with Crippen molar-refractivity contribution < 1.29 is 9.13 Å². The predicted molar refractivity (Wildman–Crippen MR) is 104 cm³/mol. The van der Waals surface area contributed by atoms with E-state index in [-0.39, 0.29) is 5.82 Å². The number of benzene rings is 3. The van der Waals surface area contributed by atoms with Crippen LogP contribution in [0.15, 0.2) is 66.7 Å². The fourth-order valence-electron chi connectivity index (χ4n) is 2.52. The molecule has 3 aromatic rings. The molecule has 0 aliphatic rings. The second-order valence-electron chi connectivity index (χ2n) is 5.87. The van der Waals surface area contributed by atoms with Gasteiger partial charge in [0.15, 0.2) is 0 Å². The molecular formula is C21H18Cl2FNO. The third-order valence-electron chi connectivity index (χ3n) is 3.91. The SMILES string of the molecule is Fc1ccc(CNCc2ccccc2OCc2ccc(Cl)c(Cl)c2)cc1. The molecule has 0 spiro atoms. The van der Waals surface area contributed by atoms with E-state index in [1.54, 1.807) is 24.3 Å². The van der Waals surface area contributed by atoms with Gasteiger partial charge in [0.05, 0.1) is 10.0 Å². The molecule has 2 nitrogen and oxygen atoms in total. The van der Waals surface area contributed by atoms with E-state index in [4.69, 9.17) is 27.9 Å². The summed E-state index contributed by atoms with van der Waals surface area (Å²) in [6, 6.07) is 19.8. The lowest BCUT2D eigenvalue weighted by Crippen LogP contribution is -2.13. The molecule has 3 rings (SSSR count). The highest BCUT2D eigenvalue weighted by atomic mass is 35.5. The van der Waals surface area contributed by atoms with Crippen LogP contribution in [-0.4, -0.2) is 0 Å². The molecule has 0 atom stereocenters. The first-order valence-electron chi connectivity index (χ1n) is 8.21. The van der Waals surface area contributed by atoms with Crippen LogP contribution >= 0.6 is 23.2 Å². The Morgan fingerprint density at radius 3 is 2.31 bits per heavy atom. The Kier molecular flexibility index (Phi) is 6.51. The van der Waals surface area contributed by atoms with Crippen LogP contribution < -0.4 is 10.1 Å². The molecule has 0 unspecified atom stereocenters. The number of ether oxygens (including phenoxy) is 1. The van der Waals surface area contributed by atoms with Gasteiger partial charge in [0, 0.05) is 18.7 Å². The summed E-state index contributed by atoms with van der Waals surface area (Å²) in [5.41, 5.74) is 3.03. The van der Waals surface area contributed by atoms with Gasteiger partial charge >= 0.3 is 0 Å². The number of halogens is 3. The van der Waals surface area contributed by atoms with E-state index in [2.05, 4.69) is 5.32 Å². The fourth-order valence-corrected chi connectivity index (χ4v) is 2.85. The topological polar surface area (TPSA) is 21.3 Å². The van der Waals surface area contributed by atoms with E-state index in [0.717, 1.165) is 22.4 Å². The lowest BCUT2D eigenvalue weighted by Gasteiger charge is -2.13. The third-order valence-corrected chi connectivity index (χ3v) is 4.65. The molecule has 26 heavy (non-hydrogen) atoms. The molecule has 0 aromatic heterocycles. The molecular weight excluding hydrogens is 372 g/mol. The molecule has 0 radical (unpaired) electrons. The Labute approximate surface area is 162 Å². The van der Waals surface area contributed by atoms with Crippen molar-refractivity contribution in [2.24, 2.45) is 0 Å². The molecule has 0 saturated heterocycles. The van der Waals surface area contributed by atoms with Gasteiger partial charge in [-0.25, -0.2) is 4.39 Å². The van der Waals surface area contributed by atoms with E-state index < -0.39 is 0 Å². The van der Waals surface area contributed by atoms with Crippen LogP contribution in [0.2, 0.25) is 10.0 Å². The van der Waals surface area contributed by atoms with Crippen molar-refractivity contribution in [3.8, 4) is 5.75 Å². The van der Waals surface area contributed by atoms with Gasteiger partial charge in [-0.1, -0.05) is 59.6 Å². The van der Waals surface area contributed by atoms with Gasteiger partial charge in [0.1, 0.15) is 18.2 Å². The second kappa shape index (κ2) is 9.04. The molecule has 1 N–H and O–H groups in total. The molecule has 5 heteroatoms. The Hall–Kier alpha value is -2.07. The average molecular weight is 390 g/mol. The maximum Gasteiger partial charge on any atom is 0.124 e. The molecule has 134 valence electrons. The lowest BCUT2D eigenvalue weighted by molar-refractivity contribution is 0.302. The van der Waals surface area contributed by atoms with E-state index >= 15 is 0 Å². The zero-order chi connectivity index (χ0) is 18.4. The fraction of sp³-hybridized carbons (Fsp3) is 0.143. The standard InChI is InChI=1S/C21H18Cl2FNO/c22-19-10-7-16(11-20(19)23)14-26-21-4-2-1-3-17(21)13-25-12-15-5-8-18(24)9-6-15/h1-11,25H,12-14H2. The van der Waals surface area contributed by atoms with Gasteiger partial charge in [-0.2, -0.15) is 0 Å². The van der Waals surface area contributed by atoms with Gasteiger partial charge in [-0.3, -0.25) is 0 Å². The van der Waals surface area contributed by atoms with Crippen LogP contribution in [-0.2, 0) is 19.7 Å². The molecule has 0 fully saturated rings. The van der Waals surface area contributed by atoms with Crippen molar-refractivity contribution in [3.63, 3.8) is 0 Å². The van der Waals surface area contributed by atoms with Gasteiger partial charge in [-0.05, 0) is 41.5 Å². The number of rotatable bonds is 7. The summed E-state index contributed by atoms with van der Waals surface area (Å²) in [4.78, 5) is 0. The van der Waals surface area contributed by atoms with E-state index in [1.165, 1.54) is 12.1 Å². The van der Waals surface area contributed by atoms with Crippen molar-refractivity contribution in [1.82, 2.24) is 5.32 Å². The minimum atomic E-state index is -0.227. The van der Waals surface area contributed by atoms with Crippen molar-refractivity contribution in [2.75, 3.05) is 0 Å². The summed E-state index contributed by atoms with van der Waals surface area (Å²) in [5.74, 6) is 0.583. The summed E-state index contributed by atoms with van der Waals surface area (Å²) in [6.07, 6.45) is 0. The van der Waals surface area contributed by atoms with Crippen molar-refractivity contribution in [2.45, 2.75) is 19.7 Å². The zero-order valence-electron chi connectivity index (χ0n) is 14.0. The minimum Gasteiger partial charge on any atom is -0.489 e. The number of hydrogen-bond donors (Lipinski definition) is 1. The second-order valence-corrected chi connectivity index (χ2v) is 6.69. The van der Waals surface area contributed by atoms with E-state index in [0.29, 0.717) is 29.7 Å². The number of para-hydroxylation sites is 1. The molecule has 0 aliphatic heterocycles. The Bertz CT molecular complexity index is 868. The van der Waals surface area contributed by atoms with Crippen LogP contribution in [0, 0.1) is 5.82 Å². The van der Waals surface area contributed by atoms with Crippen LogP contribution in [0.3, 0.4) is 0 Å². The first-order valence-corrected chi connectivity index (χ1v) is 8.97. The Morgan fingerprint density at radius 1 is 0.808 bits per heavy atom.